The average Bonchev–Trinajstić information content (AvgIpc) is 3.00. The van der Waals surface area contributed by atoms with E-state index >= 15 is 0 Å². The molecule has 2 atom stereocenters. The highest BCUT2D eigenvalue weighted by molar-refractivity contribution is 5.76. The van der Waals surface area contributed by atoms with Gasteiger partial charge in [0.05, 0.1) is 36.4 Å². The number of ether oxygens (including phenoxy) is 1. The number of hydrogen-bond donors (Lipinski definition) is 1. The van der Waals surface area contributed by atoms with Gasteiger partial charge >= 0.3 is 0 Å². The second-order valence-electron chi connectivity index (χ2n) is 7.49. The number of hydrogen-bond acceptors (Lipinski definition) is 3. The van der Waals surface area contributed by atoms with Gasteiger partial charge < -0.3 is 14.4 Å². The summed E-state index contributed by atoms with van der Waals surface area (Å²) in [7, 11) is 0. The van der Waals surface area contributed by atoms with Crippen LogP contribution in [0, 0.1) is 0 Å². The molecule has 1 aliphatic carbocycles. The predicted octanol–water partition coefficient (Wildman–Crippen LogP) is 4.83. The molecular formula is C23H28N2O2. The Hall–Kier alpha value is -2.17. The Labute approximate surface area is 160 Å². The van der Waals surface area contributed by atoms with Crippen molar-refractivity contribution in [3.63, 3.8) is 0 Å². The zero-order valence-electron chi connectivity index (χ0n) is 15.9. The lowest BCUT2D eigenvalue weighted by Crippen LogP contribution is -2.26. The Morgan fingerprint density at radius 2 is 1.85 bits per heavy atom. The van der Waals surface area contributed by atoms with E-state index in [-0.39, 0.29) is 6.10 Å². The van der Waals surface area contributed by atoms with Crippen LogP contribution >= 0.6 is 0 Å². The van der Waals surface area contributed by atoms with Crippen molar-refractivity contribution in [3.05, 3.63) is 66.0 Å². The quantitative estimate of drug-likeness (QED) is 0.622. The zero-order chi connectivity index (χ0) is 18.6. The van der Waals surface area contributed by atoms with E-state index in [0.717, 1.165) is 28.8 Å². The number of aromatic nitrogens is 2. The molecule has 1 N–H and O–H groups in total. The fraction of sp³-hybridized carbons (Fsp3) is 0.435. The number of para-hydroxylation sites is 2. The molecule has 1 aliphatic rings. The minimum absolute atomic E-state index is 0.0199. The highest BCUT2D eigenvalue weighted by Crippen LogP contribution is 2.37. The van der Waals surface area contributed by atoms with Crippen LogP contribution in [0.5, 0.6) is 0 Å². The molecule has 27 heavy (non-hydrogen) atoms. The fourth-order valence-corrected chi connectivity index (χ4v) is 3.87. The number of nitrogens with zero attached hydrogens (tertiary/aromatic N) is 2. The van der Waals surface area contributed by atoms with Crippen molar-refractivity contribution in [2.45, 2.75) is 57.3 Å². The van der Waals surface area contributed by atoms with Gasteiger partial charge in [0.1, 0.15) is 5.82 Å². The standard InChI is InChI=1S/C23H28N2O2/c1-2-22(17-9-4-3-5-10-17)27-16-19(26)15-25-21-14-7-6-13-20(21)24-23(25)18-11-8-12-18/h3-7,9-10,13-14,18-19,22,26H,2,8,11-12,15-16H2,1H3. The summed E-state index contributed by atoms with van der Waals surface area (Å²) in [6.07, 6.45) is 4.02. The van der Waals surface area contributed by atoms with E-state index in [9.17, 15) is 5.11 Å². The van der Waals surface area contributed by atoms with Crippen molar-refractivity contribution < 1.29 is 9.84 Å². The molecule has 4 heteroatoms. The summed E-state index contributed by atoms with van der Waals surface area (Å²) in [5, 5.41) is 10.7. The molecule has 4 nitrogen and oxygen atoms in total. The zero-order valence-corrected chi connectivity index (χ0v) is 15.9. The lowest BCUT2D eigenvalue weighted by atomic mass is 9.85. The molecule has 0 saturated heterocycles. The number of rotatable bonds is 8. The summed E-state index contributed by atoms with van der Waals surface area (Å²) in [6, 6.07) is 18.4. The smallest absolute Gasteiger partial charge is 0.113 e. The first kappa shape index (κ1) is 18.2. The Morgan fingerprint density at radius 3 is 2.56 bits per heavy atom. The summed E-state index contributed by atoms with van der Waals surface area (Å²) in [4.78, 5) is 4.86. The van der Waals surface area contributed by atoms with E-state index in [1.54, 1.807) is 0 Å². The lowest BCUT2D eigenvalue weighted by molar-refractivity contribution is -0.0176. The number of fused-ring (bicyclic) bond motifs is 1. The van der Waals surface area contributed by atoms with E-state index in [1.807, 2.05) is 30.3 Å². The van der Waals surface area contributed by atoms with Gasteiger partial charge in [-0.2, -0.15) is 0 Å². The Bertz CT molecular complexity index is 870. The van der Waals surface area contributed by atoms with Gasteiger partial charge in [0.25, 0.3) is 0 Å². The fourth-order valence-electron chi connectivity index (χ4n) is 3.87. The molecule has 1 fully saturated rings. The summed E-state index contributed by atoms with van der Waals surface area (Å²) in [6.45, 7) is 2.96. The summed E-state index contributed by atoms with van der Waals surface area (Å²) in [5.41, 5.74) is 3.28. The van der Waals surface area contributed by atoms with Gasteiger partial charge in [-0.3, -0.25) is 0 Å². The molecule has 4 rings (SSSR count). The van der Waals surface area contributed by atoms with Gasteiger partial charge in [0, 0.05) is 5.92 Å². The van der Waals surface area contributed by atoms with Crippen molar-refractivity contribution in [1.29, 1.82) is 0 Å². The van der Waals surface area contributed by atoms with Gasteiger partial charge in [0.2, 0.25) is 0 Å². The van der Waals surface area contributed by atoms with Crippen LogP contribution in [0.4, 0.5) is 0 Å². The van der Waals surface area contributed by atoms with Crippen molar-refractivity contribution in [1.82, 2.24) is 9.55 Å². The van der Waals surface area contributed by atoms with Gasteiger partial charge in [-0.25, -0.2) is 4.98 Å². The van der Waals surface area contributed by atoms with Crippen molar-refractivity contribution in [2.75, 3.05) is 6.61 Å². The number of aliphatic hydroxyl groups is 1. The van der Waals surface area contributed by atoms with Gasteiger partial charge in [0.15, 0.2) is 0 Å². The first-order valence-electron chi connectivity index (χ1n) is 10.1. The molecule has 0 amide bonds. The topological polar surface area (TPSA) is 47.3 Å². The van der Waals surface area contributed by atoms with Gasteiger partial charge in [-0.05, 0) is 37.0 Å². The lowest BCUT2D eigenvalue weighted by Gasteiger charge is -2.27. The predicted molar refractivity (Wildman–Crippen MR) is 108 cm³/mol. The van der Waals surface area contributed by atoms with E-state index < -0.39 is 6.10 Å². The van der Waals surface area contributed by atoms with Crippen LogP contribution < -0.4 is 0 Å². The number of benzene rings is 2. The minimum atomic E-state index is -0.556. The molecule has 2 aromatic carbocycles. The Morgan fingerprint density at radius 1 is 1.11 bits per heavy atom. The maximum Gasteiger partial charge on any atom is 0.113 e. The van der Waals surface area contributed by atoms with E-state index in [4.69, 9.17) is 9.72 Å². The van der Waals surface area contributed by atoms with E-state index in [2.05, 4.69) is 35.8 Å². The molecular weight excluding hydrogens is 336 g/mol. The molecule has 142 valence electrons. The highest BCUT2D eigenvalue weighted by atomic mass is 16.5. The second kappa shape index (κ2) is 8.24. The number of aliphatic hydroxyl groups excluding tert-OH is 1. The first-order valence-corrected chi connectivity index (χ1v) is 10.1. The maximum absolute atomic E-state index is 10.7. The van der Waals surface area contributed by atoms with Crippen LogP contribution in [0.25, 0.3) is 11.0 Å². The van der Waals surface area contributed by atoms with Crippen molar-refractivity contribution in [3.8, 4) is 0 Å². The molecule has 0 radical (unpaired) electrons. The molecule has 0 bridgehead atoms. The third-order valence-corrected chi connectivity index (χ3v) is 5.58. The van der Waals surface area contributed by atoms with E-state index in [0.29, 0.717) is 19.1 Å². The second-order valence-corrected chi connectivity index (χ2v) is 7.49. The summed E-state index contributed by atoms with van der Waals surface area (Å²) >= 11 is 0. The normalized spacial score (nSPS) is 17.0. The average molecular weight is 364 g/mol. The van der Waals surface area contributed by atoms with Crippen LogP contribution in [0.3, 0.4) is 0 Å². The molecule has 1 aromatic heterocycles. The maximum atomic E-state index is 10.7. The molecule has 0 spiro atoms. The number of imidazole rings is 1. The van der Waals surface area contributed by atoms with Crippen LogP contribution in [0.2, 0.25) is 0 Å². The van der Waals surface area contributed by atoms with Gasteiger partial charge in [-0.1, -0.05) is 55.8 Å². The third-order valence-electron chi connectivity index (χ3n) is 5.58. The van der Waals surface area contributed by atoms with Crippen LogP contribution in [-0.4, -0.2) is 27.4 Å². The van der Waals surface area contributed by atoms with Crippen molar-refractivity contribution >= 4 is 11.0 Å². The van der Waals surface area contributed by atoms with Crippen LogP contribution in [0.15, 0.2) is 54.6 Å². The molecule has 1 heterocycles. The van der Waals surface area contributed by atoms with Gasteiger partial charge in [-0.15, -0.1) is 0 Å². The van der Waals surface area contributed by atoms with Crippen LogP contribution in [0.1, 0.15) is 56.0 Å². The van der Waals surface area contributed by atoms with Crippen LogP contribution in [-0.2, 0) is 11.3 Å². The van der Waals surface area contributed by atoms with Crippen molar-refractivity contribution in [2.24, 2.45) is 0 Å². The highest BCUT2D eigenvalue weighted by Gasteiger charge is 2.26. The summed E-state index contributed by atoms with van der Waals surface area (Å²) < 4.78 is 8.26. The minimum Gasteiger partial charge on any atom is -0.389 e. The third kappa shape index (κ3) is 3.92. The summed E-state index contributed by atoms with van der Waals surface area (Å²) in [5.74, 6) is 1.65. The molecule has 1 saturated carbocycles. The van der Waals surface area contributed by atoms with E-state index in [1.165, 1.54) is 19.3 Å². The first-order chi connectivity index (χ1) is 13.3. The Balaban J connectivity index is 1.47. The molecule has 0 aliphatic heterocycles. The monoisotopic (exact) mass is 364 g/mol. The molecule has 3 aromatic rings. The Kier molecular flexibility index (Phi) is 5.55. The molecule has 2 unspecified atom stereocenters. The largest absolute Gasteiger partial charge is 0.389 e. The SMILES string of the molecule is CCC(OCC(O)Cn1c(C2CCC2)nc2ccccc21)c1ccccc1.